The van der Waals surface area contributed by atoms with Crippen molar-refractivity contribution in [2.24, 2.45) is 0 Å². The van der Waals surface area contributed by atoms with Crippen LogP contribution in [0.15, 0.2) is 42.9 Å². The topological polar surface area (TPSA) is 111 Å². The van der Waals surface area contributed by atoms with Gasteiger partial charge in [-0.05, 0) is 62.4 Å². The van der Waals surface area contributed by atoms with E-state index in [0.29, 0.717) is 47.5 Å². The fourth-order valence-electron chi connectivity index (χ4n) is 4.53. The Morgan fingerprint density at radius 3 is 2.89 bits per heavy atom. The van der Waals surface area contributed by atoms with Crippen molar-refractivity contribution in [2.45, 2.75) is 51.2 Å². The molecule has 4 heterocycles. The maximum atomic E-state index is 14.8. The number of nitrogens with zero attached hydrogens (tertiary/aromatic N) is 6. The third kappa shape index (κ3) is 3.99. The second-order valence-electron chi connectivity index (χ2n) is 9.15. The van der Waals surface area contributed by atoms with Gasteiger partial charge in [-0.3, -0.25) is 4.79 Å². The maximum Gasteiger partial charge on any atom is 0.259 e. The molecule has 1 amide bonds. The molecule has 9 nitrogen and oxygen atoms in total. The van der Waals surface area contributed by atoms with Crippen LogP contribution in [0.1, 0.15) is 65.1 Å². The Kier molecular flexibility index (Phi) is 5.18. The molecule has 0 bridgehead atoms. The third-order valence-electron chi connectivity index (χ3n) is 6.56. The van der Waals surface area contributed by atoms with Gasteiger partial charge in [-0.25, -0.2) is 14.4 Å². The van der Waals surface area contributed by atoms with Crippen molar-refractivity contribution in [2.75, 3.05) is 5.32 Å². The second kappa shape index (κ2) is 8.38. The molecule has 2 N–H and O–H groups in total. The summed E-state index contributed by atoms with van der Waals surface area (Å²) in [6.07, 6.45) is 6.73. The van der Waals surface area contributed by atoms with Gasteiger partial charge in [0.25, 0.3) is 5.91 Å². The number of amides is 1. The van der Waals surface area contributed by atoms with E-state index < -0.39 is 17.8 Å². The van der Waals surface area contributed by atoms with E-state index in [-0.39, 0.29) is 11.4 Å². The van der Waals surface area contributed by atoms with Crippen LogP contribution in [0.5, 0.6) is 0 Å². The van der Waals surface area contributed by atoms with Crippen molar-refractivity contribution in [3.63, 3.8) is 0 Å². The summed E-state index contributed by atoms with van der Waals surface area (Å²) in [6.45, 7) is 2.49. The molecule has 35 heavy (non-hydrogen) atoms. The Morgan fingerprint density at radius 2 is 2.06 bits per heavy atom. The number of imidazole rings is 1. The number of anilines is 1. The van der Waals surface area contributed by atoms with Crippen LogP contribution in [0, 0.1) is 12.7 Å². The highest BCUT2D eigenvalue weighted by atomic mass is 19.1. The number of pyridine rings is 1. The standard InChI is InChI=1S/C25H24FN7O2/c1-14-10-17(26)16(11-20(14)32-12-19(27-13-32)15-7-8-15)25(35)29-22-6-2-4-18(28-22)23-30-31-24-21(34)5-3-9-33(23)24/h2,4,6,10-13,15,21,34H,3,5,7-9H2,1H3,(H,28,29,35)/t21-/m1/s1. The molecule has 1 saturated carbocycles. The first-order chi connectivity index (χ1) is 17.0. The van der Waals surface area contributed by atoms with Gasteiger partial charge < -0.3 is 19.6 Å². The number of aryl methyl sites for hydroxylation is 1. The molecule has 2 aliphatic rings. The van der Waals surface area contributed by atoms with E-state index in [0.717, 1.165) is 25.0 Å². The zero-order valence-corrected chi connectivity index (χ0v) is 19.1. The molecular weight excluding hydrogens is 449 g/mol. The van der Waals surface area contributed by atoms with Gasteiger partial charge in [0.05, 0.1) is 23.3 Å². The van der Waals surface area contributed by atoms with E-state index in [9.17, 15) is 14.3 Å². The average molecular weight is 474 g/mol. The normalized spacial score (nSPS) is 17.3. The molecule has 1 fully saturated rings. The molecular formula is C25H24FN7O2. The highest BCUT2D eigenvalue weighted by Gasteiger charge is 2.27. The molecule has 1 atom stereocenters. The number of halogens is 1. The smallest absolute Gasteiger partial charge is 0.259 e. The summed E-state index contributed by atoms with van der Waals surface area (Å²) < 4.78 is 18.5. The number of hydrogen-bond donors (Lipinski definition) is 2. The van der Waals surface area contributed by atoms with Crippen LogP contribution < -0.4 is 5.32 Å². The molecule has 1 aliphatic heterocycles. The third-order valence-corrected chi connectivity index (χ3v) is 6.56. The molecule has 0 radical (unpaired) electrons. The van der Waals surface area contributed by atoms with E-state index in [1.807, 2.05) is 15.3 Å². The summed E-state index contributed by atoms with van der Waals surface area (Å²) in [5.41, 5.74) is 2.85. The Hall–Kier alpha value is -3.92. The summed E-state index contributed by atoms with van der Waals surface area (Å²) in [6, 6.07) is 8.03. The van der Waals surface area contributed by atoms with Crippen molar-refractivity contribution in [1.82, 2.24) is 29.3 Å². The minimum atomic E-state index is -0.651. The first kappa shape index (κ1) is 21.6. The summed E-state index contributed by atoms with van der Waals surface area (Å²) in [7, 11) is 0. The lowest BCUT2D eigenvalue weighted by Crippen LogP contribution is -2.17. The van der Waals surface area contributed by atoms with Crippen LogP contribution in [-0.4, -0.2) is 40.3 Å². The first-order valence-electron chi connectivity index (χ1n) is 11.7. The van der Waals surface area contributed by atoms with Gasteiger partial charge in [0.15, 0.2) is 11.6 Å². The van der Waals surface area contributed by atoms with Crippen LogP contribution in [0.25, 0.3) is 17.2 Å². The number of carbonyl (C=O) groups is 1. The molecule has 0 saturated heterocycles. The number of aliphatic hydroxyl groups excluding tert-OH is 1. The fourth-order valence-corrected chi connectivity index (χ4v) is 4.53. The number of aliphatic hydroxyl groups is 1. The number of carbonyl (C=O) groups excluding carboxylic acids is 1. The molecule has 0 spiro atoms. The summed E-state index contributed by atoms with van der Waals surface area (Å²) in [4.78, 5) is 22.0. The zero-order valence-electron chi connectivity index (χ0n) is 19.1. The number of hydrogen-bond acceptors (Lipinski definition) is 6. The van der Waals surface area contributed by atoms with E-state index in [4.69, 9.17) is 0 Å². The van der Waals surface area contributed by atoms with E-state index >= 15 is 0 Å². The van der Waals surface area contributed by atoms with Gasteiger partial charge in [0, 0.05) is 18.7 Å². The van der Waals surface area contributed by atoms with E-state index in [2.05, 4.69) is 25.5 Å². The maximum absolute atomic E-state index is 14.8. The van der Waals surface area contributed by atoms with Crippen molar-refractivity contribution >= 4 is 11.7 Å². The number of fused-ring (bicyclic) bond motifs is 1. The van der Waals surface area contributed by atoms with Crippen LogP contribution >= 0.6 is 0 Å². The van der Waals surface area contributed by atoms with Crippen molar-refractivity contribution in [3.8, 4) is 17.2 Å². The quantitative estimate of drug-likeness (QED) is 0.454. The largest absolute Gasteiger partial charge is 0.385 e. The molecule has 6 rings (SSSR count). The van der Waals surface area contributed by atoms with Gasteiger partial charge in [-0.2, -0.15) is 0 Å². The Balaban J connectivity index is 1.27. The summed E-state index contributed by atoms with van der Waals surface area (Å²) in [5.74, 6) is 0.586. The van der Waals surface area contributed by atoms with Gasteiger partial charge in [-0.1, -0.05) is 6.07 Å². The van der Waals surface area contributed by atoms with Gasteiger partial charge in [-0.15, -0.1) is 10.2 Å². The highest BCUT2D eigenvalue weighted by Crippen LogP contribution is 2.39. The molecule has 1 aliphatic carbocycles. The molecule has 178 valence electrons. The Morgan fingerprint density at radius 1 is 1.20 bits per heavy atom. The SMILES string of the molecule is Cc1cc(F)c(C(=O)Nc2cccc(-c3nnc4n3CCC[C@H]4O)n2)cc1-n1cnc(C2CC2)c1. The lowest BCUT2D eigenvalue weighted by Gasteiger charge is -2.19. The molecule has 1 aromatic carbocycles. The lowest BCUT2D eigenvalue weighted by atomic mass is 10.1. The second-order valence-corrected chi connectivity index (χ2v) is 9.15. The molecule has 3 aromatic heterocycles. The van der Waals surface area contributed by atoms with Gasteiger partial charge in [0.2, 0.25) is 0 Å². The molecule has 4 aromatic rings. The Labute approximate surface area is 200 Å². The summed E-state index contributed by atoms with van der Waals surface area (Å²) in [5, 5.41) is 21.2. The van der Waals surface area contributed by atoms with Crippen molar-refractivity contribution in [3.05, 3.63) is 71.3 Å². The summed E-state index contributed by atoms with van der Waals surface area (Å²) >= 11 is 0. The fraction of sp³-hybridized carbons (Fsp3) is 0.320. The predicted molar refractivity (Wildman–Crippen MR) is 126 cm³/mol. The molecule has 0 unspecified atom stereocenters. The van der Waals surface area contributed by atoms with Crippen LogP contribution in [0.2, 0.25) is 0 Å². The number of nitrogens with one attached hydrogen (secondary N) is 1. The van der Waals surface area contributed by atoms with Crippen molar-refractivity contribution < 1.29 is 14.3 Å². The van der Waals surface area contributed by atoms with Gasteiger partial charge in [0.1, 0.15) is 23.4 Å². The highest BCUT2D eigenvalue weighted by molar-refractivity contribution is 6.04. The number of aromatic nitrogens is 6. The van der Waals surface area contributed by atoms with E-state index in [1.165, 1.54) is 6.07 Å². The van der Waals surface area contributed by atoms with Crippen LogP contribution in [-0.2, 0) is 6.54 Å². The first-order valence-corrected chi connectivity index (χ1v) is 11.7. The van der Waals surface area contributed by atoms with Crippen LogP contribution in [0.3, 0.4) is 0 Å². The van der Waals surface area contributed by atoms with Crippen molar-refractivity contribution in [1.29, 1.82) is 0 Å². The predicted octanol–water partition coefficient (Wildman–Crippen LogP) is 3.93. The molecule has 10 heteroatoms. The zero-order chi connectivity index (χ0) is 24.1. The monoisotopic (exact) mass is 473 g/mol. The van der Waals surface area contributed by atoms with E-state index in [1.54, 1.807) is 37.5 Å². The minimum Gasteiger partial charge on any atom is -0.385 e. The lowest BCUT2D eigenvalue weighted by molar-refractivity contribution is 0.102. The average Bonchev–Trinajstić information content (AvgIpc) is 3.40. The number of rotatable bonds is 5. The Bertz CT molecular complexity index is 1440. The minimum absolute atomic E-state index is 0.0811. The van der Waals surface area contributed by atoms with Crippen LogP contribution in [0.4, 0.5) is 10.2 Å². The van der Waals surface area contributed by atoms with Gasteiger partial charge >= 0.3 is 0 Å². The number of benzene rings is 1.